The number of esters is 1. The van der Waals surface area contributed by atoms with Gasteiger partial charge in [-0.25, -0.2) is 0 Å². The Morgan fingerprint density at radius 1 is 1.33 bits per heavy atom. The van der Waals surface area contributed by atoms with Crippen molar-refractivity contribution in [3.05, 3.63) is 29.8 Å². The molecule has 33 heavy (non-hydrogen) atoms. The monoisotopic (exact) mass is 474 g/mol. The van der Waals surface area contributed by atoms with E-state index in [4.69, 9.17) is 9.47 Å². The van der Waals surface area contributed by atoms with E-state index in [1.165, 1.54) is 11.8 Å². The van der Waals surface area contributed by atoms with Crippen molar-refractivity contribution in [1.82, 2.24) is 9.80 Å². The summed E-state index contributed by atoms with van der Waals surface area (Å²) in [6.45, 7) is 6.92. The van der Waals surface area contributed by atoms with Crippen LogP contribution in [0, 0.1) is 17.2 Å². The highest BCUT2D eigenvalue weighted by atomic mass is 32.2. The van der Waals surface area contributed by atoms with E-state index in [1.54, 1.807) is 22.8 Å². The van der Waals surface area contributed by atoms with Gasteiger partial charge in [0.2, 0.25) is 5.91 Å². The molecule has 1 aromatic rings. The van der Waals surface area contributed by atoms with Crippen molar-refractivity contribution in [3.8, 4) is 6.07 Å². The number of thioether (sulfide) groups is 1. The van der Waals surface area contributed by atoms with E-state index in [-0.39, 0.29) is 23.7 Å². The zero-order valence-corrected chi connectivity index (χ0v) is 19.8. The number of ether oxygens (including phenoxy) is 2. The maximum absolute atomic E-state index is 12.9. The van der Waals surface area contributed by atoms with E-state index in [9.17, 15) is 19.6 Å². The topological polar surface area (TPSA) is 112 Å². The number of amides is 2. The minimum absolute atomic E-state index is 0.0218. The van der Waals surface area contributed by atoms with Crippen molar-refractivity contribution >= 4 is 35.2 Å². The minimum atomic E-state index is -1.01. The van der Waals surface area contributed by atoms with Gasteiger partial charge >= 0.3 is 5.97 Å². The number of benzene rings is 1. The Morgan fingerprint density at radius 2 is 2.09 bits per heavy atom. The Bertz CT molecular complexity index is 899. The zero-order chi connectivity index (χ0) is 23.8. The molecule has 2 fully saturated rings. The fraction of sp³-hybridized carbons (Fsp3) is 0.565. The standard InChI is InChI=1S/C23H30N4O5S/c1-3-27-21(29)19(33-22(27)18(15-24)23(30)32-4-2)8-9-25-17-7-5-6-16(14-17)20(28)26-10-12-31-13-11-26/h5-7,14,18-19,22,25H,3-4,8-13H2,1-2H3. The molecule has 0 aliphatic carbocycles. The molecule has 178 valence electrons. The first kappa shape index (κ1) is 24.9. The van der Waals surface area contributed by atoms with Crippen LogP contribution in [0.3, 0.4) is 0 Å². The summed E-state index contributed by atoms with van der Waals surface area (Å²) >= 11 is 1.34. The van der Waals surface area contributed by atoms with Crippen LogP contribution in [0.2, 0.25) is 0 Å². The van der Waals surface area contributed by atoms with Crippen LogP contribution in [-0.4, -0.2) is 84.2 Å². The molecule has 1 aromatic carbocycles. The third-order valence-electron chi connectivity index (χ3n) is 5.62. The Hall–Kier alpha value is -2.77. The average Bonchev–Trinajstić information content (AvgIpc) is 3.15. The molecule has 9 nitrogen and oxygen atoms in total. The van der Waals surface area contributed by atoms with Gasteiger partial charge in [0.1, 0.15) is 5.37 Å². The second kappa shape index (κ2) is 11.9. The van der Waals surface area contributed by atoms with Gasteiger partial charge in [0.15, 0.2) is 5.92 Å². The summed E-state index contributed by atoms with van der Waals surface area (Å²) in [7, 11) is 0. The summed E-state index contributed by atoms with van der Waals surface area (Å²) in [5.74, 6) is -1.70. The molecule has 0 radical (unpaired) electrons. The van der Waals surface area contributed by atoms with Crippen molar-refractivity contribution in [2.75, 3.05) is 51.3 Å². The van der Waals surface area contributed by atoms with E-state index in [2.05, 4.69) is 5.32 Å². The Labute approximate surface area is 198 Å². The quantitative estimate of drug-likeness (QED) is 0.541. The molecule has 2 aliphatic heterocycles. The molecule has 3 rings (SSSR count). The molecule has 10 heteroatoms. The smallest absolute Gasteiger partial charge is 0.326 e. The molecule has 0 bridgehead atoms. The number of hydrogen-bond donors (Lipinski definition) is 1. The highest BCUT2D eigenvalue weighted by Gasteiger charge is 2.46. The third kappa shape index (κ3) is 5.97. The molecule has 2 amide bonds. The zero-order valence-electron chi connectivity index (χ0n) is 19.0. The number of morpholine rings is 1. The number of carbonyl (C=O) groups excluding carboxylic acids is 3. The first-order valence-electron chi connectivity index (χ1n) is 11.2. The SMILES string of the molecule is CCOC(=O)C(C#N)C1SC(CCNc2cccc(C(=O)N3CCOCC3)c2)C(=O)N1CC. The molecule has 3 atom stereocenters. The Morgan fingerprint density at radius 3 is 2.76 bits per heavy atom. The fourth-order valence-electron chi connectivity index (χ4n) is 3.92. The average molecular weight is 475 g/mol. The highest BCUT2D eigenvalue weighted by Crippen LogP contribution is 2.38. The van der Waals surface area contributed by atoms with Crippen LogP contribution in [0.1, 0.15) is 30.6 Å². The molecule has 0 saturated carbocycles. The van der Waals surface area contributed by atoms with Gasteiger partial charge in [-0.05, 0) is 38.5 Å². The van der Waals surface area contributed by atoms with Crippen LogP contribution in [0.15, 0.2) is 24.3 Å². The second-order valence-electron chi connectivity index (χ2n) is 7.70. The van der Waals surface area contributed by atoms with E-state index >= 15 is 0 Å². The summed E-state index contributed by atoms with van der Waals surface area (Å²) in [5, 5.41) is 11.9. The molecular formula is C23H30N4O5S. The summed E-state index contributed by atoms with van der Waals surface area (Å²) in [6, 6.07) is 9.33. The number of rotatable bonds is 9. The van der Waals surface area contributed by atoms with Gasteiger partial charge in [-0.2, -0.15) is 5.26 Å². The van der Waals surface area contributed by atoms with Gasteiger partial charge in [-0.3, -0.25) is 14.4 Å². The molecule has 2 heterocycles. The van der Waals surface area contributed by atoms with E-state index < -0.39 is 17.3 Å². The van der Waals surface area contributed by atoms with Crippen LogP contribution < -0.4 is 5.32 Å². The van der Waals surface area contributed by atoms with Crippen LogP contribution in [0.5, 0.6) is 0 Å². The van der Waals surface area contributed by atoms with Gasteiger partial charge in [0.25, 0.3) is 5.91 Å². The molecule has 2 saturated heterocycles. The summed E-state index contributed by atoms with van der Waals surface area (Å²) in [6.07, 6.45) is 0.527. The molecule has 2 aliphatic rings. The molecule has 0 spiro atoms. The Kier molecular flexibility index (Phi) is 8.97. The summed E-state index contributed by atoms with van der Waals surface area (Å²) in [4.78, 5) is 41.1. The second-order valence-corrected chi connectivity index (χ2v) is 9.02. The van der Waals surface area contributed by atoms with Crippen molar-refractivity contribution in [2.45, 2.75) is 30.9 Å². The largest absolute Gasteiger partial charge is 0.465 e. The van der Waals surface area contributed by atoms with Gasteiger partial charge in [-0.15, -0.1) is 11.8 Å². The number of hydrogen-bond acceptors (Lipinski definition) is 8. The third-order valence-corrected chi connectivity index (χ3v) is 7.19. The lowest BCUT2D eigenvalue weighted by molar-refractivity contribution is -0.147. The fourth-order valence-corrected chi connectivity index (χ4v) is 5.49. The molecular weight excluding hydrogens is 444 g/mol. The van der Waals surface area contributed by atoms with Gasteiger partial charge in [0.05, 0.1) is 31.1 Å². The van der Waals surface area contributed by atoms with E-state index in [0.717, 1.165) is 5.69 Å². The Balaban J connectivity index is 1.58. The number of anilines is 1. The van der Waals surface area contributed by atoms with Crippen LogP contribution in [-0.2, 0) is 19.1 Å². The predicted octanol–water partition coefficient (Wildman–Crippen LogP) is 1.95. The van der Waals surface area contributed by atoms with Gasteiger partial charge < -0.3 is 24.6 Å². The van der Waals surface area contributed by atoms with E-state index in [1.807, 2.05) is 31.2 Å². The number of nitrogens with zero attached hydrogens (tertiary/aromatic N) is 3. The van der Waals surface area contributed by atoms with Crippen molar-refractivity contribution in [2.24, 2.45) is 5.92 Å². The van der Waals surface area contributed by atoms with Crippen LogP contribution >= 0.6 is 11.8 Å². The predicted molar refractivity (Wildman–Crippen MR) is 125 cm³/mol. The first-order chi connectivity index (χ1) is 16.0. The number of carbonyl (C=O) groups is 3. The summed E-state index contributed by atoms with van der Waals surface area (Å²) in [5.41, 5.74) is 1.41. The highest BCUT2D eigenvalue weighted by molar-refractivity contribution is 8.01. The van der Waals surface area contributed by atoms with Crippen LogP contribution in [0.25, 0.3) is 0 Å². The van der Waals surface area contributed by atoms with Crippen LogP contribution in [0.4, 0.5) is 5.69 Å². The molecule has 3 unspecified atom stereocenters. The van der Waals surface area contributed by atoms with Gasteiger partial charge in [-0.1, -0.05) is 6.07 Å². The molecule has 0 aromatic heterocycles. The van der Waals surface area contributed by atoms with Crippen molar-refractivity contribution < 1.29 is 23.9 Å². The molecule has 1 N–H and O–H groups in total. The number of nitriles is 1. The first-order valence-corrected chi connectivity index (χ1v) is 12.2. The van der Waals surface area contributed by atoms with Gasteiger partial charge in [0, 0.05) is 37.4 Å². The van der Waals surface area contributed by atoms with E-state index in [0.29, 0.717) is 51.4 Å². The maximum Gasteiger partial charge on any atom is 0.326 e. The van der Waals surface area contributed by atoms with Crippen molar-refractivity contribution in [1.29, 1.82) is 5.26 Å². The lowest BCUT2D eigenvalue weighted by Crippen LogP contribution is -2.41. The summed E-state index contributed by atoms with van der Waals surface area (Å²) < 4.78 is 10.3. The lowest BCUT2D eigenvalue weighted by atomic mass is 10.1. The van der Waals surface area contributed by atoms with Crippen molar-refractivity contribution in [3.63, 3.8) is 0 Å². The number of nitrogens with one attached hydrogen (secondary N) is 1. The lowest BCUT2D eigenvalue weighted by Gasteiger charge is -2.27. The maximum atomic E-state index is 12.9. The minimum Gasteiger partial charge on any atom is -0.465 e. The normalized spacial score (nSPS) is 21.4.